The molecule has 3 heterocycles. The molecule has 2 aliphatic rings. The van der Waals surface area contributed by atoms with Gasteiger partial charge >= 0.3 is 6.09 Å². The Morgan fingerprint density at radius 2 is 2.12 bits per heavy atom. The summed E-state index contributed by atoms with van der Waals surface area (Å²) in [6, 6.07) is 13.8. The highest BCUT2D eigenvalue weighted by Gasteiger charge is 2.47. The lowest BCUT2D eigenvalue weighted by molar-refractivity contribution is 0.120. The summed E-state index contributed by atoms with van der Waals surface area (Å²) in [6.07, 6.45) is 2.34. The number of hydrogen-bond acceptors (Lipinski definition) is 4. The first-order valence-electron chi connectivity index (χ1n) is 8.53. The number of aromatic nitrogens is 1. The Labute approximate surface area is 152 Å². The second-order valence-corrected chi connectivity index (χ2v) is 7.01. The van der Waals surface area contributed by atoms with Crippen LogP contribution in [-0.4, -0.2) is 52.7 Å². The maximum Gasteiger partial charge on any atom is 0.410 e. The van der Waals surface area contributed by atoms with Gasteiger partial charge in [-0.2, -0.15) is 0 Å². The zero-order chi connectivity index (χ0) is 17.2. The van der Waals surface area contributed by atoms with Crippen LogP contribution in [0, 0.1) is 0 Å². The number of carbonyl (C=O) groups excluding carboxylic acids is 1. The van der Waals surface area contributed by atoms with Crippen LogP contribution < -0.4 is 0 Å². The maximum absolute atomic E-state index is 12.2. The van der Waals surface area contributed by atoms with E-state index >= 15 is 0 Å². The number of hydrogen-bond donors (Lipinski definition) is 0. The summed E-state index contributed by atoms with van der Waals surface area (Å²) in [5.74, 6) is 0. The molecule has 2 atom stereocenters. The van der Waals surface area contributed by atoms with Gasteiger partial charge in [0.2, 0.25) is 0 Å². The molecule has 1 aromatic heterocycles. The second-order valence-electron chi connectivity index (χ2n) is 6.58. The predicted molar refractivity (Wildman–Crippen MR) is 95.4 cm³/mol. The first-order valence-corrected chi connectivity index (χ1v) is 8.91. The number of carbonyl (C=O) groups is 1. The van der Waals surface area contributed by atoms with Gasteiger partial charge in [0.05, 0.1) is 11.7 Å². The standard InChI is InChI=1S/C19H20ClN3O2/c20-15-5-3-4-14(10-15)7-9-23-17-12-22(13-18(17)25-19(23)24)11-16-6-1-2-8-21-16/h1-6,8,10,17-18H,7,9,11-13H2/t17-,18+/m0/s1. The van der Waals surface area contributed by atoms with Crippen LogP contribution in [0.15, 0.2) is 48.7 Å². The van der Waals surface area contributed by atoms with E-state index in [1.165, 1.54) is 0 Å². The third kappa shape index (κ3) is 3.62. The minimum Gasteiger partial charge on any atom is -0.442 e. The van der Waals surface area contributed by atoms with Crippen LogP contribution in [0.1, 0.15) is 11.3 Å². The number of amides is 1. The summed E-state index contributed by atoms with van der Waals surface area (Å²) in [4.78, 5) is 20.7. The first-order chi connectivity index (χ1) is 12.2. The molecule has 0 N–H and O–H groups in total. The fourth-order valence-electron chi connectivity index (χ4n) is 3.63. The monoisotopic (exact) mass is 357 g/mol. The molecule has 2 aromatic rings. The zero-order valence-electron chi connectivity index (χ0n) is 13.8. The Bertz CT molecular complexity index is 755. The molecule has 25 heavy (non-hydrogen) atoms. The molecule has 2 fully saturated rings. The van der Waals surface area contributed by atoms with Crippen molar-refractivity contribution >= 4 is 17.7 Å². The van der Waals surface area contributed by atoms with Gasteiger partial charge in [0.25, 0.3) is 0 Å². The number of benzene rings is 1. The zero-order valence-corrected chi connectivity index (χ0v) is 14.6. The van der Waals surface area contributed by atoms with Gasteiger partial charge in [-0.3, -0.25) is 14.8 Å². The van der Waals surface area contributed by atoms with Crippen molar-refractivity contribution in [2.45, 2.75) is 25.1 Å². The molecule has 2 saturated heterocycles. The molecule has 1 aromatic carbocycles. The Morgan fingerprint density at radius 1 is 1.20 bits per heavy atom. The normalized spacial score (nSPS) is 22.9. The van der Waals surface area contributed by atoms with E-state index in [4.69, 9.17) is 16.3 Å². The molecule has 0 saturated carbocycles. The number of halogens is 1. The molecule has 130 valence electrons. The van der Waals surface area contributed by atoms with E-state index in [9.17, 15) is 4.79 Å². The van der Waals surface area contributed by atoms with Crippen LogP contribution in [0.2, 0.25) is 5.02 Å². The van der Waals surface area contributed by atoms with Crippen LogP contribution in [0.4, 0.5) is 4.79 Å². The quantitative estimate of drug-likeness (QED) is 0.825. The van der Waals surface area contributed by atoms with E-state index < -0.39 is 0 Å². The number of ether oxygens (including phenoxy) is 1. The highest BCUT2D eigenvalue weighted by Crippen LogP contribution is 2.28. The van der Waals surface area contributed by atoms with Gasteiger partial charge in [-0.15, -0.1) is 0 Å². The molecular formula is C19H20ClN3O2. The van der Waals surface area contributed by atoms with Crippen molar-refractivity contribution in [3.05, 3.63) is 64.9 Å². The van der Waals surface area contributed by atoms with Crippen LogP contribution >= 0.6 is 11.6 Å². The number of nitrogens with zero attached hydrogens (tertiary/aromatic N) is 3. The van der Waals surface area contributed by atoms with Crippen molar-refractivity contribution in [2.75, 3.05) is 19.6 Å². The van der Waals surface area contributed by atoms with E-state index in [0.717, 1.165) is 42.3 Å². The summed E-state index contributed by atoms with van der Waals surface area (Å²) in [7, 11) is 0. The molecule has 0 spiro atoms. The summed E-state index contributed by atoms with van der Waals surface area (Å²) < 4.78 is 5.58. The van der Waals surface area contributed by atoms with Crippen molar-refractivity contribution in [3.8, 4) is 0 Å². The molecule has 6 heteroatoms. The topological polar surface area (TPSA) is 45.7 Å². The van der Waals surface area contributed by atoms with Gasteiger partial charge in [-0.25, -0.2) is 4.79 Å². The molecular weight excluding hydrogens is 338 g/mol. The van der Waals surface area contributed by atoms with Gasteiger partial charge in [-0.05, 0) is 36.2 Å². The van der Waals surface area contributed by atoms with Gasteiger partial charge in [0.15, 0.2) is 0 Å². The molecule has 0 radical (unpaired) electrons. The highest BCUT2D eigenvalue weighted by atomic mass is 35.5. The molecule has 0 aliphatic carbocycles. The number of rotatable bonds is 5. The number of pyridine rings is 1. The highest BCUT2D eigenvalue weighted by molar-refractivity contribution is 6.30. The fourth-order valence-corrected chi connectivity index (χ4v) is 3.84. The predicted octanol–water partition coefficient (Wildman–Crippen LogP) is 2.98. The summed E-state index contributed by atoms with van der Waals surface area (Å²) in [5.41, 5.74) is 2.17. The lowest BCUT2D eigenvalue weighted by Crippen LogP contribution is -2.39. The molecule has 5 nitrogen and oxygen atoms in total. The summed E-state index contributed by atoms with van der Waals surface area (Å²) in [5, 5.41) is 0.724. The van der Waals surface area contributed by atoms with Crippen molar-refractivity contribution in [1.29, 1.82) is 0 Å². The van der Waals surface area contributed by atoms with E-state index in [0.29, 0.717) is 6.54 Å². The van der Waals surface area contributed by atoms with E-state index in [1.54, 1.807) is 0 Å². The third-order valence-electron chi connectivity index (χ3n) is 4.84. The largest absolute Gasteiger partial charge is 0.442 e. The summed E-state index contributed by atoms with van der Waals surface area (Å²) in [6.45, 7) is 3.02. The minimum atomic E-state index is -0.200. The van der Waals surface area contributed by atoms with Crippen LogP contribution in [0.3, 0.4) is 0 Å². The molecule has 1 amide bonds. The Kier molecular flexibility index (Phi) is 4.59. The average Bonchev–Trinajstić information content (AvgIpc) is 3.10. The Hall–Kier alpha value is -2.11. The van der Waals surface area contributed by atoms with Crippen molar-refractivity contribution in [3.63, 3.8) is 0 Å². The number of fused-ring (bicyclic) bond motifs is 1. The van der Waals surface area contributed by atoms with E-state index in [1.807, 2.05) is 53.6 Å². The molecule has 2 aliphatic heterocycles. The smallest absolute Gasteiger partial charge is 0.410 e. The van der Waals surface area contributed by atoms with Gasteiger partial charge in [-0.1, -0.05) is 29.8 Å². The third-order valence-corrected chi connectivity index (χ3v) is 5.08. The van der Waals surface area contributed by atoms with Gasteiger partial charge in [0, 0.05) is 37.4 Å². The second kappa shape index (κ2) is 7.02. The van der Waals surface area contributed by atoms with Crippen LogP contribution in [-0.2, 0) is 17.7 Å². The average molecular weight is 358 g/mol. The molecule has 0 unspecified atom stereocenters. The summed E-state index contributed by atoms with van der Waals surface area (Å²) >= 11 is 6.04. The van der Waals surface area contributed by atoms with Crippen molar-refractivity contribution in [2.24, 2.45) is 0 Å². The van der Waals surface area contributed by atoms with Crippen molar-refractivity contribution < 1.29 is 9.53 Å². The van der Waals surface area contributed by atoms with Crippen molar-refractivity contribution in [1.82, 2.24) is 14.8 Å². The Balaban J connectivity index is 1.38. The lowest BCUT2D eigenvalue weighted by atomic mass is 10.1. The van der Waals surface area contributed by atoms with E-state index in [-0.39, 0.29) is 18.2 Å². The first kappa shape index (κ1) is 16.4. The van der Waals surface area contributed by atoms with Crippen LogP contribution in [0.5, 0.6) is 0 Å². The Morgan fingerprint density at radius 3 is 2.92 bits per heavy atom. The van der Waals surface area contributed by atoms with Crippen LogP contribution in [0.25, 0.3) is 0 Å². The molecule has 0 bridgehead atoms. The molecule has 4 rings (SSSR count). The van der Waals surface area contributed by atoms with E-state index in [2.05, 4.69) is 9.88 Å². The lowest BCUT2D eigenvalue weighted by Gasteiger charge is -2.22. The van der Waals surface area contributed by atoms with Gasteiger partial charge in [0.1, 0.15) is 6.10 Å². The fraction of sp³-hybridized carbons (Fsp3) is 0.368. The minimum absolute atomic E-state index is 0.0458. The SMILES string of the molecule is O=C1O[C@@H]2CN(Cc3ccccn3)C[C@@H]2N1CCc1cccc(Cl)c1. The number of likely N-dealkylation sites (tertiary alicyclic amines) is 1. The maximum atomic E-state index is 12.2. The van der Waals surface area contributed by atoms with Gasteiger partial charge < -0.3 is 4.74 Å².